The Kier molecular flexibility index (Phi) is 4.91. The zero-order chi connectivity index (χ0) is 23.3. The number of aromatic nitrogens is 4. The molecule has 5 rings (SSSR count). The number of aliphatic carboxylic acids is 1. The van der Waals surface area contributed by atoms with Crippen LogP contribution in [0.1, 0.15) is 43.9 Å². The van der Waals surface area contributed by atoms with Crippen LogP contribution < -0.4 is 0 Å². The molecule has 1 saturated heterocycles. The molecule has 0 saturated carbocycles. The van der Waals surface area contributed by atoms with Crippen LogP contribution in [0.3, 0.4) is 0 Å². The van der Waals surface area contributed by atoms with E-state index in [2.05, 4.69) is 16.3 Å². The third kappa shape index (κ3) is 3.43. The average Bonchev–Trinajstić information content (AvgIpc) is 3.49. The van der Waals surface area contributed by atoms with Gasteiger partial charge in [0.05, 0.1) is 29.9 Å². The smallest absolute Gasteiger partial charge is 0.332 e. The Morgan fingerprint density at radius 3 is 2.82 bits per heavy atom. The van der Waals surface area contributed by atoms with Gasteiger partial charge < -0.3 is 14.4 Å². The summed E-state index contributed by atoms with van der Waals surface area (Å²) in [6.45, 7) is 4.19. The van der Waals surface area contributed by atoms with Gasteiger partial charge in [-0.15, -0.1) is 0 Å². The van der Waals surface area contributed by atoms with E-state index in [0.717, 1.165) is 27.8 Å². The first-order valence-corrected chi connectivity index (χ1v) is 10.7. The van der Waals surface area contributed by atoms with E-state index in [-0.39, 0.29) is 24.8 Å². The Morgan fingerprint density at radius 2 is 2.15 bits per heavy atom. The number of rotatable bonds is 5. The van der Waals surface area contributed by atoms with Crippen LogP contribution in [0.2, 0.25) is 0 Å². The van der Waals surface area contributed by atoms with Gasteiger partial charge in [0, 0.05) is 40.1 Å². The first-order chi connectivity index (χ1) is 15.8. The van der Waals surface area contributed by atoms with E-state index in [1.807, 2.05) is 24.5 Å². The molecule has 1 aromatic carbocycles. The van der Waals surface area contributed by atoms with Gasteiger partial charge in [-0.2, -0.15) is 10.4 Å². The van der Waals surface area contributed by atoms with Crippen LogP contribution in [0.25, 0.3) is 27.8 Å². The van der Waals surface area contributed by atoms with E-state index in [1.54, 1.807) is 18.3 Å². The number of nitrogens with one attached hydrogen (secondary N) is 1. The van der Waals surface area contributed by atoms with Crippen molar-refractivity contribution in [2.45, 2.75) is 44.1 Å². The van der Waals surface area contributed by atoms with Gasteiger partial charge in [0.1, 0.15) is 5.82 Å². The van der Waals surface area contributed by atoms with Gasteiger partial charge >= 0.3 is 5.97 Å². The van der Waals surface area contributed by atoms with Crippen molar-refractivity contribution in [1.82, 2.24) is 19.7 Å². The number of H-pyrrole nitrogens is 1. The molecule has 8 nitrogen and oxygen atoms in total. The molecular weight excluding hydrogens is 425 g/mol. The van der Waals surface area contributed by atoms with Crippen molar-refractivity contribution in [3.8, 4) is 11.8 Å². The fourth-order valence-electron chi connectivity index (χ4n) is 4.78. The molecule has 2 atom stereocenters. The van der Waals surface area contributed by atoms with Gasteiger partial charge in [0.25, 0.3) is 0 Å². The highest BCUT2D eigenvalue weighted by Gasteiger charge is 2.40. The van der Waals surface area contributed by atoms with Gasteiger partial charge in [0.15, 0.2) is 11.8 Å². The predicted octanol–water partition coefficient (Wildman–Crippen LogP) is 4.19. The van der Waals surface area contributed by atoms with Crippen LogP contribution in [-0.4, -0.2) is 43.5 Å². The normalized spacial score (nSPS) is 18.7. The molecule has 33 heavy (non-hydrogen) atoms. The van der Waals surface area contributed by atoms with Crippen molar-refractivity contribution < 1.29 is 19.0 Å². The number of aromatic amines is 1. The molecule has 1 aliphatic rings. The number of pyridine rings is 1. The Hall–Kier alpha value is -3.77. The Balaban J connectivity index is 1.87. The van der Waals surface area contributed by atoms with Crippen LogP contribution >= 0.6 is 0 Å². The summed E-state index contributed by atoms with van der Waals surface area (Å²) in [5, 5.41) is 26.9. The number of carboxylic acids is 1. The number of carboxylic acid groups (broad SMARTS) is 1. The maximum absolute atomic E-state index is 13.8. The number of halogens is 1. The first-order valence-electron chi connectivity index (χ1n) is 10.7. The van der Waals surface area contributed by atoms with Gasteiger partial charge in [-0.3, -0.25) is 5.10 Å². The van der Waals surface area contributed by atoms with Crippen LogP contribution in [0.5, 0.6) is 0 Å². The highest BCUT2D eigenvalue weighted by Crippen LogP contribution is 2.45. The molecule has 9 heteroatoms. The molecule has 0 radical (unpaired) electrons. The summed E-state index contributed by atoms with van der Waals surface area (Å²) in [7, 11) is 0. The van der Waals surface area contributed by atoms with Crippen molar-refractivity contribution >= 4 is 28.0 Å². The Morgan fingerprint density at radius 1 is 1.39 bits per heavy atom. The van der Waals surface area contributed by atoms with Crippen molar-refractivity contribution in [2.24, 2.45) is 0 Å². The molecule has 1 unspecified atom stereocenters. The Labute approximate surface area is 188 Å². The minimum absolute atomic E-state index is 0.226. The number of hydrogen-bond acceptors (Lipinski definition) is 5. The maximum atomic E-state index is 13.8. The lowest BCUT2D eigenvalue weighted by molar-refractivity contribution is -0.147. The second kappa shape index (κ2) is 7.67. The topological polar surface area (TPSA) is 117 Å². The largest absolute Gasteiger partial charge is 0.479 e. The molecule has 1 fully saturated rings. The quantitative estimate of drug-likeness (QED) is 0.474. The van der Waals surface area contributed by atoms with Crippen molar-refractivity contribution in [3.05, 3.63) is 53.6 Å². The van der Waals surface area contributed by atoms with Gasteiger partial charge in [-0.25, -0.2) is 14.2 Å². The molecule has 4 aromatic rings. The first kappa shape index (κ1) is 21.1. The van der Waals surface area contributed by atoms with Crippen molar-refractivity contribution in [2.75, 3.05) is 6.61 Å². The van der Waals surface area contributed by atoms with Crippen LogP contribution in [-0.2, 0) is 14.9 Å². The molecule has 0 spiro atoms. The van der Waals surface area contributed by atoms with Crippen molar-refractivity contribution in [3.63, 3.8) is 0 Å². The minimum Gasteiger partial charge on any atom is -0.479 e. The molecule has 0 amide bonds. The Bertz CT molecular complexity index is 1410. The van der Waals surface area contributed by atoms with E-state index in [4.69, 9.17) is 9.72 Å². The second-order valence-corrected chi connectivity index (χ2v) is 9.05. The molecule has 2 N–H and O–H groups in total. The van der Waals surface area contributed by atoms with E-state index in [0.29, 0.717) is 17.6 Å². The number of fused-ring (bicyclic) bond motifs is 2. The van der Waals surface area contributed by atoms with Gasteiger partial charge in [-0.1, -0.05) is 13.8 Å². The summed E-state index contributed by atoms with van der Waals surface area (Å²) in [5.74, 6) is -1.57. The van der Waals surface area contributed by atoms with E-state index in [1.165, 1.54) is 12.1 Å². The highest BCUT2D eigenvalue weighted by molar-refractivity contribution is 5.94. The van der Waals surface area contributed by atoms with Crippen LogP contribution in [0, 0.1) is 17.1 Å². The lowest BCUT2D eigenvalue weighted by Gasteiger charge is -2.27. The predicted molar refractivity (Wildman–Crippen MR) is 119 cm³/mol. The SMILES string of the molecule is CC(C)(CC#N)c1c(C2CO[C@H](C(=O)O)C2)c2nc3[nH]ncc3cc2n1-c1ccc(F)cc1. The molecule has 1 aliphatic heterocycles. The fourth-order valence-corrected chi connectivity index (χ4v) is 4.78. The third-order valence-electron chi connectivity index (χ3n) is 6.31. The lowest BCUT2D eigenvalue weighted by Crippen LogP contribution is -2.24. The maximum Gasteiger partial charge on any atom is 0.332 e. The second-order valence-electron chi connectivity index (χ2n) is 9.05. The number of nitrogens with zero attached hydrogens (tertiary/aromatic N) is 4. The zero-order valence-corrected chi connectivity index (χ0v) is 18.2. The van der Waals surface area contributed by atoms with Gasteiger partial charge in [0.2, 0.25) is 0 Å². The van der Waals surface area contributed by atoms with Gasteiger partial charge in [-0.05, 0) is 36.8 Å². The van der Waals surface area contributed by atoms with Crippen LogP contribution in [0.4, 0.5) is 4.39 Å². The van der Waals surface area contributed by atoms with E-state index >= 15 is 0 Å². The summed E-state index contributed by atoms with van der Waals surface area (Å²) in [5.41, 5.74) is 3.91. The highest BCUT2D eigenvalue weighted by atomic mass is 19.1. The summed E-state index contributed by atoms with van der Waals surface area (Å²) in [6, 6.07) is 10.4. The summed E-state index contributed by atoms with van der Waals surface area (Å²) >= 11 is 0. The van der Waals surface area contributed by atoms with Crippen molar-refractivity contribution in [1.29, 1.82) is 5.26 Å². The average molecular weight is 447 g/mol. The number of benzene rings is 1. The molecule has 0 bridgehead atoms. The molecule has 4 heterocycles. The van der Waals surface area contributed by atoms with Crippen LogP contribution in [0.15, 0.2) is 36.5 Å². The summed E-state index contributed by atoms with van der Waals surface area (Å²) < 4.78 is 21.4. The van der Waals surface area contributed by atoms with E-state index < -0.39 is 17.5 Å². The molecule has 168 valence electrons. The molecular formula is C24H22FN5O3. The fraction of sp³-hybridized carbons (Fsp3) is 0.333. The minimum atomic E-state index is -0.999. The lowest BCUT2D eigenvalue weighted by atomic mass is 9.80. The standard InChI is InChI=1S/C24H22FN5O3/c1-24(2,7-8-26)21-19(14-10-18(23(31)32)33-12-14)20-17(9-13-11-27-29-22(13)28-20)30(21)16-5-3-15(25)4-6-16/h3-6,9,11,14,18H,7,10,12H2,1-2H3,(H,31,32)(H,27,28,29)/t14?,18-/m0/s1. The molecule has 3 aromatic heterocycles. The van der Waals surface area contributed by atoms with E-state index in [9.17, 15) is 19.6 Å². The number of ether oxygens (including phenoxy) is 1. The number of hydrogen-bond donors (Lipinski definition) is 2. The third-order valence-corrected chi connectivity index (χ3v) is 6.31. The number of nitriles is 1. The number of carbonyl (C=O) groups is 1. The summed E-state index contributed by atoms with van der Waals surface area (Å²) in [6.07, 6.45) is 1.31. The zero-order valence-electron chi connectivity index (χ0n) is 18.2. The summed E-state index contributed by atoms with van der Waals surface area (Å²) in [4.78, 5) is 16.4. The monoisotopic (exact) mass is 447 g/mol. The molecule has 0 aliphatic carbocycles.